The van der Waals surface area contributed by atoms with Crippen molar-refractivity contribution in [3.63, 3.8) is 0 Å². The number of nitrogens with zero attached hydrogens (tertiary/aromatic N) is 3. The van der Waals surface area contributed by atoms with Crippen molar-refractivity contribution in [1.82, 2.24) is 15.4 Å². The summed E-state index contributed by atoms with van der Waals surface area (Å²) >= 11 is 6.09. The standard InChI is InChI=1S/C20H16ClF3N4O3/c1-11(18-17(7-25)26-28-27-18)3-15(20(22,23)24)4-12(2)30-9-14-6-16(21)5-13-8-29-10-31-19(13)14/h3-6H,1,8-10H2,2H3,(H,26,27,28)/b12-4+,15-3+. The molecule has 162 valence electrons. The summed E-state index contributed by atoms with van der Waals surface area (Å²) in [6.07, 6.45) is -3.09. The molecule has 1 N–H and O–H groups in total. The predicted molar refractivity (Wildman–Crippen MR) is 105 cm³/mol. The Bertz CT molecular complexity index is 1100. The fraction of sp³-hybridized carbons (Fsp3) is 0.250. The first kappa shape index (κ1) is 22.4. The maximum Gasteiger partial charge on any atom is 0.416 e. The molecule has 2 aromatic rings. The van der Waals surface area contributed by atoms with Crippen LogP contribution in [0, 0.1) is 11.3 Å². The largest absolute Gasteiger partial charge is 0.493 e. The second kappa shape index (κ2) is 9.24. The summed E-state index contributed by atoms with van der Waals surface area (Å²) in [6, 6.07) is 5.07. The van der Waals surface area contributed by atoms with Crippen LogP contribution in [0.2, 0.25) is 5.02 Å². The SMILES string of the molecule is C=C(/C=C(\C=C(/C)OCc1cc(Cl)cc2c1OCOC2)C(F)(F)F)c1nn[nH]c1C#N. The molecule has 0 bridgehead atoms. The number of alkyl halides is 3. The zero-order chi connectivity index (χ0) is 22.6. The highest BCUT2D eigenvalue weighted by Crippen LogP contribution is 2.33. The van der Waals surface area contributed by atoms with Crippen molar-refractivity contribution in [2.45, 2.75) is 26.3 Å². The zero-order valence-electron chi connectivity index (χ0n) is 16.2. The number of halogens is 4. The van der Waals surface area contributed by atoms with Crippen LogP contribution in [-0.4, -0.2) is 28.4 Å². The first-order chi connectivity index (χ1) is 14.7. The lowest BCUT2D eigenvalue weighted by Gasteiger charge is -2.21. The maximum absolute atomic E-state index is 13.5. The minimum atomic E-state index is -4.69. The van der Waals surface area contributed by atoms with Gasteiger partial charge in [0, 0.05) is 16.1 Å². The van der Waals surface area contributed by atoms with E-state index in [0.29, 0.717) is 22.9 Å². The number of hydrogen-bond donors (Lipinski definition) is 1. The minimum absolute atomic E-state index is 0.00202. The van der Waals surface area contributed by atoms with E-state index in [1.165, 1.54) is 6.92 Å². The molecule has 31 heavy (non-hydrogen) atoms. The smallest absolute Gasteiger partial charge is 0.416 e. The lowest BCUT2D eigenvalue weighted by atomic mass is 10.1. The van der Waals surface area contributed by atoms with Crippen LogP contribution >= 0.6 is 11.6 Å². The van der Waals surface area contributed by atoms with Gasteiger partial charge in [-0.3, -0.25) is 0 Å². The van der Waals surface area contributed by atoms with Crippen LogP contribution in [0.4, 0.5) is 13.2 Å². The van der Waals surface area contributed by atoms with Crippen LogP contribution in [0.25, 0.3) is 5.57 Å². The van der Waals surface area contributed by atoms with Crippen molar-refractivity contribution >= 4 is 17.2 Å². The Balaban J connectivity index is 1.82. The normalized spacial score (nSPS) is 14.5. The van der Waals surface area contributed by atoms with Gasteiger partial charge in [-0.2, -0.15) is 18.4 Å². The Labute approximate surface area is 180 Å². The first-order valence-electron chi connectivity index (χ1n) is 8.81. The van der Waals surface area contributed by atoms with Gasteiger partial charge < -0.3 is 14.2 Å². The summed E-state index contributed by atoms with van der Waals surface area (Å²) in [6.45, 7) is 5.26. The lowest BCUT2D eigenvalue weighted by molar-refractivity contribution is -0.0884. The van der Waals surface area contributed by atoms with Crippen molar-refractivity contribution < 1.29 is 27.4 Å². The summed E-state index contributed by atoms with van der Waals surface area (Å²) in [4.78, 5) is 0. The Hall–Kier alpha value is -3.29. The van der Waals surface area contributed by atoms with Crippen molar-refractivity contribution in [3.05, 3.63) is 69.7 Å². The van der Waals surface area contributed by atoms with Gasteiger partial charge in [0.15, 0.2) is 12.5 Å². The van der Waals surface area contributed by atoms with Gasteiger partial charge in [0.25, 0.3) is 0 Å². The fourth-order valence-electron chi connectivity index (χ4n) is 2.81. The van der Waals surface area contributed by atoms with Gasteiger partial charge in [0.2, 0.25) is 0 Å². The van der Waals surface area contributed by atoms with Gasteiger partial charge in [-0.25, -0.2) is 5.10 Å². The van der Waals surface area contributed by atoms with Crippen molar-refractivity contribution in [1.29, 1.82) is 5.26 Å². The van der Waals surface area contributed by atoms with E-state index < -0.39 is 11.7 Å². The molecule has 1 aliphatic heterocycles. The molecule has 1 aromatic carbocycles. The summed E-state index contributed by atoms with van der Waals surface area (Å²) in [5, 5.41) is 18.7. The molecule has 0 fully saturated rings. The zero-order valence-corrected chi connectivity index (χ0v) is 17.0. The van der Waals surface area contributed by atoms with Gasteiger partial charge in [0.05, 0.1) is 17.9 Å². The molecule has 0 spiro atoms. The molecule has 0 aliphatic carbocycles. The maximum atomic E-state index is 13.5. The number of H-pyrrole nitrogens is 1. The number of allylic oxidation sites excluding steroid dienone is 5. The number of hydrogen-bond acceptors (Lipinski definition) is 6. The molecular weight excluding hydrogens is 437 g/mol. The summed E-state index contributed by atoms with van der Waals surface area (Å²) in [5.74, 6) is 0.538. The van der Waals surface area contributed by atoms with E-state index in [9.17, 15) is 13.2 Å². The van der Waals surface area contributed by atoms with Crippen LogP contribution in [0.1, 0.15) is 29.4 Å². The van der Waals surface area contributed by atoms with Crippen LogP contribution < -0.4 is 4.74 Å². The van der Waals surface area contributed by atoms with Crippen LogP contribution in [-0.2, 0) is 22.7 Å². The van der Waals surface area contributed by atoms with E-state index in [1.54, 1.807) is 18.2 Å². The monoisotopic (exact) mass is 452 g/mol. The Kier molecular flexibility index (Phi) is 6.68. The number of aromatic amines is 1. The third-order valence-electron chi connectivity index (χ3n) is 4.19. The van der Waals surface area contributed by atoms with Crippen LogP contribution in [0.5, 0.6) is 5.75 Å². The van der Waals surface area contributed by atoms with Gasteiger partial charge in [0.1, 0.15) is 24.1 Å². The highest BCUT2D eigenvalue weighted by atomic mass is 35.5. The van der Waals surface area contributed by atoms with Gasteiger partial charge in [-0.1, -0.05) is 23.4 Å². The molecule has 0 amide bonds. The summed E-state index contributed by atoms with van der Waals surface area (Å²) < 4.78 is 56.8. The minimum Gasteiger partial charge on any atom is -0.493 e. The summed E-state index contributed by atoms with van der Waals surface area (Å²) in [7, 11) is 0. The highest BCUT2D eigenvalue weighted by Gasteiger charge is 2.33. The Morgan fingerprint density at radius 2 is 2.19 bits per heavy atom. The third-order valence-corrected chi connectivity index (χ3v) is 4.41. The number of rotatable bonds is 6. The lowest BCUT2D eigenvalue weighted by Crippen LogP contribution is -2.13. The molecule has 2 heterocycles. The predicted octanol–water partition coefficient (Wildman–Crippen LogP) is 4.82. The molecular formula is C20H16ClF3N4O3. The Morgan fingerprint density at radius 1 is 1.42 bits per heavy atom. The average Bonchev–Trinajstić information content (AvgIpc) is 3.19. The molecule has 0 atom stereocenters. The molecule has 0 saturated heterocycles. The molecule has 0 saturated carbocycles. The second-order valence-electron chi connectivity index (χ2n) is 6.48. The number of benzene rings is 1. The van der Waals surface area contributed by atoms with Gasteiger partial charge in [-0.15, -0.1) is 5.10 Å². The number of nitrogens with one attached hydrogen (secondary N) is 1. The molecule has 0 radical (unpaired) electrons. The van der Waals surface area contributed by atoms with Gasteiger partial charge in [-0.05, 0) is 36.8 Å². The van der Waals surface area contributed by atoms with Crippen molar-refractivity contribution in [2.75, 3.05) is 6.79 Å². The highest BCUT2D eigenvalue weighted by molar-refractivity contribution is 6.30. The molecule has 1 aliphatic rings. The van der Waals surface area contributed by atoms with E-state index in [-0.39, 0.29) is 36.1 Å². The number of aromatic nitrogens is 3. The van der Waals surface area contributed by atoms with E-state index in [0.717, 1.165) is 17.7 Å². The molecule has 3 rings (SSSR count). The van der Waals surface area contributed by atoms with Crippen molar-refractivity contribution in [3.8, 4) is 11.8 Å². The van der Waals surface area contributed by atoms with Crippen LogP contribution in [0.3, 0.4) is 0 Å². The quantitative estimate of drug-likeness (QED) is 0.499. The molecule has 7 nitrogen and oxygen atoms in total. The van der Waals surface area contributed by atoms with Crippen molar-refractivity contribution in [2.24, 2.45) is 0 Å². The summed E-state index contributed by atoms with van der Waals surface area (Å²) in [5.41, 5.74) is 0.00283. The number of fused-ring (bicyclic) bond motifs is 1. The third kappa shape index (κ3) is 5.45. The average molecular weight is 453 g/mol. The second-order valence-corrected chi connectivity index (χ2v) is 6.91. The molecule has 1 aromatic heterocycles. The number of ether oxygens (including phenoxy) is 3. The van der Waals surface area contributed by atoms with E-state index >= 15 is 0 Å². The van der Waals surface area contributed by atoms with Gasteiger partial charge >= 0.3 is 6.18 Å². The fourth-order valence-corrected chi connectivity index (χ4v) is 3.07. The topological polar surface area (TPSA) is 93.0 Å². The first-order valence-corrected chi connectivity index (χ1v) is 9.19. The number of nitriles is 1. The van der Waals surface area contributed by atoms with E-state index in [4.69, 9.17) is 31.1 Å². The van der Waals surface area contributed by atoms with E-state index in [2.05, 4.69) is 22.0 Å². The molecule has 0 unspecified atom stereocenters. The molecule has 11 heteroatoms. The van der Waals surface area contributed by atoms with Crippen LogP contribution in [0.15, 0.2) is 42.2 Å². The van der Waals surface area contributed by atoms with E-state index in [1.807, 2.05) is 0 Å². The Morgan fingerprint density at radius 3 is 2.90 bits per heavy atom.